The largest absolute Gasteiger partial charge is 0.393 e. The second-order valence-corrected chi connectivity index (χ2v) is 8.52. The van der Waals surface area contributed by atoms with Crippen molar-refractivity contribution in [3.05, 3.63) is 22.8 Å². The molecule has 0 aromatic heterocycles. The van der Waals surface area contributed by atoms with Crippen LogP contribution < -0.4 is 0 Å². The Hall–Kier alpha value is -0.640. The molecule has 0 amide bonds. The Labute approximate surface area is 138 Å². The van der Waals surface area contributed by atoms with Crippen molar-refractivity contribution < 1.29 is 14.6 Å². The normalized spacial score (nSPS) is 49.0. The Bertz CT molecular complexity index is 577. The number of aliphatic hydroxyl groups is 1. The monoisotopic (exact) mass is 316 g/mol. The van der Waals surface area contributed by atoms with Gasteiger partial charge in [0.15, 0.2) is 0 Å². The molecule has 0 aromatic carbocycles. The first-order chi connectivity index (χ1) is 11.2. The van der Waals surface area contributed by atoms with Crippen molar-refractivity contribution in [3.8, 4) is 0 Å². The molecule has 0 spiro atoms. The van der Waals surface area contributed by atoms with Gasteiger partial charge in [-0.25, -0.2) is 0 Å². The standard InChI is InChI=1S/C20H28O3/c1-20-7-6-15-14-5-3-13(21)10-12(14)2-4-16(15)17(20)11-18-19(20)23-9-8-22-18/h4,13,15,17-19,21H,2-3,5-11H2,1H3/t13?,15-,17+,18?,19?,20+/m1/s1. The zero-order valence-corrected chi connectivity index (χ0v) is 14.1. The van der Waals surface area contributed by atoms with Crippen LogP contribution >= 0.6 is 0 Å². The number of rotatable bonds is 0. The summed E-state index contributed by atoms with van der Waals surface area (Å²) in [7, 11) is 0. The summed E-state index contributed by atoms with van der Waals surface area (Å²) in [6.07, 6.45) is 10.7. The lowest BCUT2D eigenvalue weighted by Crippen LogP contribution is -2.46. The maximum atomic E-state index is 9.99. The third-order valence-electron chi connectivity index (χ3n) is 7.43. The molecule has 5 rings (SSSR count). The SMILES string of the molecule is C[C@]12CC[C@H]3C(=CCC4=C3CCC(O)C4)[C@@H]1CC1OCCOC12. The summed E-state index contributed by atoms with van der Waals surface area (Å²) in [6.45, 7) is 3.97. The number of fused-ring (bicyclic) bond motifs is 6. The van der Waals surface area contributed by atoms with E-state index in [4.69, 9.17) is 9.47 Å². The third-order valence-corrected chi connectivity index (χ3v) is 7.43. The zero-order valence-electron chi connectivity index (χ0n) is 14.1. The number of hydrogen-bond donors (Lipinski definition) is 1. The second kappa shape index (κ2) is 5.18. The lowest BCUT2D eigenvalue weighted by Gasteiger charge is -2.48. The van der Waals surface area contributed by atoms with Gasteiger partial charge in [0.2, 0.25) is 0 Å². The quantitative estimate of drug-likeness (QED) is 0.696. The molecule has 0 aromatic rings. The molecule has 0 bridgehead atoms. The maximum Gasteiger partial charge on any atom is 0.0897 e. The fourth-order valence-electron chi connectivity index (χ4n) is 6.33. The fraction of sp³-hybridized carbons (Fsp3) is 0.800. The third kappa shape index (κ3) is 2.06. The minimum atomic E-state index is -0.103. The highest BCUT2D eigenvalue weighted by molar-refractivity contribution is 5.39. The Morgan fingerprint density at radius 3 is 3.00 bits per heavy atom. The van der Waals surface area contributed by atoms with E-state index >= 15 is 0 Å². The van der Waals surface area contributed by atoms with Crippen molar-refractivity contribution >= 4 is 0 Å². The average molecular weight is 316 g/mol. The predicted molar refractivity (Wildman–Crippen MR) is 88.0 cm³/mol. The van der Waals surface area contributed by atoms with Crippen LogP contribution in [0.1, 0.15) is 51.9 Å². The number of hydrogen-bond acceptors (Lipinski definition) is 3. The van der Waals surface area contributed by atoms with Gasteiger partial charge in [-0.05, 0) is 50.9 Å². The van der Waals surface area contributed by atoms with Gasteiger partial charge >= 0.3 is 0 Å². The molecular weight excluding hydrogens is 288 g/mol. The summed E-state index contributed by atoms with van der Waals surface area (Å²) in [6, 6.07) is 0. The molecular formula is C20H28O3. The van der Waals surface area contributed by atoms with Crippen LogP contribution in [0.5, 0.6) is 0 Å². The Morgan fingerprint density at radius 2 is 2.09 bits per heavy atom. The topological polar surface area (TPSA) is 38.7 Å². The van der Waals surface area contributed by atoms with E-state index in [2.05, 4.69) is 13.0 Å². The van der Waals surface area contributed by atoms with E-state index < -0.39 is 0 Å². The van der Waals surface area contributed by atoms with Gasteiger partial charge in [-0.1, -0.05) is 29.7 Å². The van der Waals surface area contributed by atoms with Gasteiger partial charge in [0.05, 0.1) is 31.5 Å². The molecule has 1 aliphatic heterocycles. The van der Waals surface area contributed by atoms with Crippen molar-refractivity contribution in [1.82, 2.24) is 0 Å². The van der Waals surface area contributed by atoms with Gasteiger partial charge in [-0.2, -0.15) is 0 Å². The molecule has 1 heterocycles. The van der Waals surface area contributed by atoms with Crippen LogP contribution in [0.2, 0.25) is 0 Å². The summed E-state index contributed by atoms with van der Waals surface area (Å²) in [5.74, 6) is 1.29. The van der Waals surface area contributed by atoms with E-state index in [1.54, 1.807) is 16.7 Å². The molecule has 3 heteroatoms. The van der Waals surface area contributed by atoms with E-state index in [-0.39, 0.29) is 11.5 Å². The first kappa shape index (κ1) is 14.7. The molecule has 1 N–H and O–H groups in total. The van der Waals surface area contributed by atoms with Crippen molar-refractivity contribution in [2.24, 2.45) is 17.3 Å². The lowest BCUT2D eigenvalue weighted by atomic mass is 9.58. The second-order valence-electron chi connectivity index (χ2n) is 8.52. The average Bonchev–Trinajstić information content (AvgIpc) is 2.87. The van der Waals surface area contributed by atoms with Gasteiger partial charge in [-0.15, -0.1) is 0 Å². The van der Waals surface area contributed by atoms with Gasteiger partial charge in [-0.3, -0.25) is 0 Å². The molecule has 1 saturated heterocycles. The molecule has 126 valence electrons. The highest BCUT2D eigenvalue weighted by Gasteiger charge is 2.58. The minimum absolute atomic E-state index is 0.103. The molecule has 0 radical (unpaired) electrons. The van der Waals surface area contributed by atoms with Crippen LogP contribution in [0.3, 0.4) is 0 Å². The Morgan fingerprint density at radius 1 is 1.22 bits per heavy atom. The van der Waals surface area contributed by atoms with Crippen molar-refractivity contribution in [2.75, 3.05) is 13.2 Å². The molecule has 6 atom stereocenters. The van der Waals surface area contributed by atoms with Crippen LogP contribution in [0.25, 0.3) is 0 Å². The van der Waals surface area contributed by atoms with E-state index in [0.717, 1.165) is 45.3 Å². The molecule has 2 saturated carbocycles. The van der Waals surface area contributed by atoms with E-state index in [1.165, 1.54) is 12.8 Å². The smallest absolute Gasteiger partial charge is 0.0897 e. The van der Waals surface area contributed by atoms with E-state index in [1.807, 2.05) is 0 Å². The fourth-order valence-corrected chi connectivity index (χ4v) is 6.33. The summed E-state index contributed by atoms with van der Waals surface area (Å²) in [5.41, 5.74) is 5.19. The summed E-state index contributed by atoms with van der Waals surface area (Å²) >= 11 is 0. The summed E-state index contributed by atoms with van der Waals surface area (Å²) in [4.78, 5) is 0. The molecule has 23 heavy (non-hydrogen) atoms. The van der Waals surface area contributed by atoms with Gasteiger partial charge in [0.1, 0.15) is 0 Å². The number of aliphatic hydroxyl groups excluding tert-OH is 1. The first-order valence-corrected chi connectivity index (χ1v) is 9.49. The van der Waals surface area contributed by atoms with Crippen molar-refractivity contribution in [1.29, 1.82) is 0 Å². The van der Waals surface area contributed by atoms with Gasteiger partial charge < -0.3 is 14.6 Å². The molecule has 3 unspecified atom stereocenters. The predicted octanol–water partition coefficient (Wildman–Crippen LogP) is 3.38. The minimum Gasteiger partial charge on any atom is -0.393 e. The van der Waals surface area contributed by atoms with Crippen LogP contribution in [0, 0.1) is 17.3 Å². The zero-order chi connectivity index (χ0) is 15.6. The van der Waals surface area contributed by atoms with Crippen LogP contribution in [-0.4, -0.2) is 36.6 Å². The summed E-state index contributed by atoms with van der Waals surface area (Å²) < 4.78 is 12.2. The Balaban J connectivity index is 1.47. The van der Waals surface area contributed by atoms with Crippen molar-refractivity contribution in [2.45, 2.75) is 70.2 Å². The van der Waals surface area contributed by atoms with E-state index in [9.17, 15) is 5.11 Å². The molecule has 4 aliphatic carbocycles. The highest BCUT2D eigenvalue weighted by Crippen LogP contribution is 2.61. The lowest BCUT2D eigenvalue weighted by molar-refractivity contribution is -0.158. The van der Waals surface area contributed by atoms with Gasteiger partial charge in [0, 0.05) is 11.3 Å². The van der Waals surface area contributed by atoms with Crippen LogP contribution in [0.4, 0.5) is 0 Å². The maximum absolute atomic E-state index is 9.99. The first-order valence-electron chi connectivity index (χ1n) is 9.49. The molecule has 3 nitrogen and oxygen atoms in total. The van der Waals surface area contributed by atoms with Crippen LogP contribution in [-0.2, 0) is 9.47 Å². The highest BCUT2D eigenvalue weighted by atomic mass is 16.6. The van der Waals surface area contributed by atoms with Crippen LogP contribution in [0.15, 0.2) is 22.8 Å². The number of ether oxygens (including phenoxy) is 2. The molecule has 5 aliphatic rings. The Kier molecular flexibility index (Phi) is 3.30. The molecule has 3 fully saturated rings. The number of allylic oxidation sites excluding steroid dienone is 3. The van der Waals surface area contributed by atoms with Gasteiger partial charge in [0.25, 0.3) is 0 Å². The van der Waals surface area contributed by atoms with Crippen molar-refractivity contribution in [3.63, 3.8) is 0 Å². The van der Waals surface area contributed by atoms with E-state index in [0.29, 0.717) is 24.0 Å². The summed E-state index contributed by atoms with van der Waals surface area (Å²) in [5, 5.41) is 9.99.